The standard InChI is InChI=1S/C23H19F6N3OS.C10H9F6N/c1-13-6-4-5-7-17(13)19-18(11-30-21(31-19)34-3)20(33)32(2)12-14-8-15(22(24,25)26)10-16(9-14)23(27,28)29;1-17-5-6-2-7(9(11,12)13)4-8(3-6)10(14,15)16/h4-11H,12H2,1-3H3;2-4,17H,5H2,1H3. The Balaban J connectivity index is 0.000000347. The number of carbonyl (C=O) groups is 1. The van der Waals surface area contributed by atoms with Gasteiger partial charge in [-0.15, -0.1) is 0 Å². The Morgan fingerprint density at radius 3 is 1.61 bits per heavy atom. The van der Waals surface area contributed by atoms with Gasteiger partial charge in [-0.05, 0) is 73.3 Å². The number of carbonyl (C=O) groups excluding carboxylic acids is 1. The van der Waals surface area contributed by atoms with Gasteiger partial charge in [0.05, 0.1) is 33.5 Å². The zero-order valence-electron chi connectivity index (χ0n) is 27.0. The first-order valence-electron chi connectivity index (χ1n) is 14.4. The Labute approximate surface area is 288 Å². The number of aromatic nitrogens is 2. The molecular weight excluding hydrogens is 728 g/mol. The fourth-order valence-electron chi connectivity index (χ4n) is 4.65. The zero-order chi connectivity index (χ0) is 38.5. The molecule has 51 heavy (non-hydrogen) atoms. The van der Waals surface area contributed by atoms with Gasteiger partial charge in [0.15, 0.2) is 5.16 Å². The van der Waals surface area contributed by atoms with Crippen LogP contribution in [0.2, 0.25) is 0 Å². The Kier molecular flexibility index (Phi) is 12.8. The predicted octanol–water partition coefficient (Wildman–Crippen LogP) is 9.93. The summed E-state index contributed by atoms with van der Waals surface area (Å²) in [6.07, 6.45) is -16.5. The van der Waals surface area contributed by atoms with Crippen molar-refractivity contribution in [1.29, 1.82) is 0 Å². The third-order valence-electron chi connectivity index (χ3n) is 7.02. The topological polar surface area (TPSA) is 58.1 Å². The first-order chi connectivity index (χ1) is 23.4. The average Bonchev–Trinajstić information content (AvgIpc) is 3.03. The van der Waals surface area contributed by atoms with Crippen LogP contribution in [0.1, 0.15) is 49.3 Å². The molecule has 4 rings (SSSR count). The minimum absolute atomic E-state index is 0.0522. The van der Waals surface area contributed by atoms with Crippen LogP contribution in [0.3, 0.4) is 0 Å². The number of aryl methyl sites for hydroxylation is 1. The van der Waals surface area contributed by atoms with Gasteiger partial charge in [0.1, 0.15) is 0 Å². The lowest BCUT2D eigenvalue weighted by Gasteiger charge is -2.21. The summed E-state index contributed by atoms with van der Waals surface area (Å²) in [5.74, 6) is -0.642. The second kappa shape index (κ2) is 15.9. The average molecular weight is 757 g/mol. The van der Waals surface area contributed by atoms with Crippen molar-refractivity contribution in [3.8, 4) is 11.3 Å². The van der Waals surface area contributed by atoms with Crippen LogP contribution in [-0.4, -0.2) is 41.1 Å². The number of nitrogens with zero attached hydrogens (tertiary/aromatic N) is 3. The molecule has 1 amide bonds. The molecule has 0 aliphatic rings. The van der Waals surface area contributed by atoms with Crippen molar-refractivity contribution in [2.45, 2.75) is 49.9 Å². The Morgan fingerprint density at radius 1 is 0.745 bits per heavy atom. The number of hydrogen-bond donors (Lipinski definition) is 1. The number of hydrogen-bond acceptors (Lipinski definition) is 5. The highest BCUT2D eigenvalue weighted by molar-refractivity contribution is 7.98. The number of thioether (sulfide) groups is 1. The Hall–Kier alpha value is -4.32. The first-order valence-corrected chi connectivity index (χ1v) is 15.6. The minimum atomic E-state index is -4.97. The van der Waals surface area contributed by atoms with Crippen molar-refractivity contribution in [2.24, 2.45) is 0 Å². The van der Waals surface area contributed by atoms with Crippen LogP contribution < -0.4 is 5.32 Å². The van der Waals surface area contributed by atoms with E-state index in [0.29, 0.717) is 40.7 Å². The highest BCUT2D eigenvalue weighted by atomic mass is 32.2. The van der Waals surface area contributed by atoms with Gasteiger partial charge in [-0.1, -0.05) is 36.0 Å². The molecule has 0 saturated carbocycles. The smallest absolute Gasteiger partial charge is 0.337 e. The minimum Gasteiger partial charge on any atom is -0.337 e. The molecule has 0 saturated heterocycles. The third-order valence-corrected chi connectivity index (χ3v) is 7.58. The van der Waals surface area contributed by atoms with E-state index in [0.717, 1.165) is 10.5 Å². The molecule has 276 valence electrons. The number of amides is 1. The van der Waals surface area contributed by atoms with Crippen LogP contribution in [0.5, 0.6) is 0 Å². The molecule has 0 bridgehead atoms. The molecule has 5 nitrogen and oxygen atoms in total. The Morgan fingerprint density at radius 2 is 1.20 bits per heavy atom. The van der Waals surface area contributed by atoms with Crippen LogP contribution in [0.4, 0.5) is 52.7 Å². The van der Waals surface area contributed by atoms with E-state index in [1.54, 1.807) is 18.4 Å². The molecule has 0 fully saturated rings. The molecule has 18 heteroatoms. The maximum Gasteiger partial charge on any atom is 0.416 e. The highest BCUT2D eigenvalue weighted by Crippen LogP contribution is 2.38. The summed E-state index contributed by atoms with van der Waals surface area (Å²) >= 11 is 1.26. The van der Waals surface area contributed by atoms with Gasteiger partial charge >= 0.3 is 24.7 Å². The molecule has 0 aliphatic carbocycles. The van der Waals surface area contributed by atoms with Crippen LogP contribution in [0.15, 0.2) is 72.0 Å². The maximum atomic E-state index is 13.2. The number of benzene rings is 3. The van der Waals surface area contributed by atoms with Crippen molar-refractivity contribution in [1.82, 2.24) is 20.2 Å². The molecular formula is C33H28F12N4OS. The van der Waals surface area contributed by atoms with Crippen molar-refractivity contribution in [2.75, 3.05) is 20.4 Å². The molecule has 1 aromatic heterocycles. The van der Waals surface area contributed by atoms with Crippen LogP contribution in [0, 0.1) is 6.92 Å². The molecule has 0 aliphatic heterocycles. The normalized spacial score (nSPS) is 12.3. The fraction of sp³-hybridized carbons (Fsp3) is 0.303. The van der Waals surface area contributed by atoms with Gasteiger partial charge in [-0.3, -0.25) is 4.79 Å². The van der Waals surface area contributed by atoms with Crippen molar-refractivity contribution in [3.05, 3.63) is 111 Å². The van der Waals surface area contributed by atoms with Crippen LogP contribution in [-0.2, 0) is 37.8 Å². The van der Waals surface area contributed by atoms with E-state index >= 15 is 0 Å². The molecule has 1 N–H and O–H groups in total. The molecule has 3 aromatic carbocycles. The Bertz CT molecular complexity index is 1770. The van der Waals surface area contributed by atoms with Crippen LogP contribution in [0.25, 0.3) is 11.3 Å². The number of alkyl halides is 12. The largest absolute Gasteiger partial charge is 0.416 e. The molecule has 0 atom stereocenters. The highest BCUT2D eigenvalue weighted by Gasteiger charge is 2.38. The molecule has 0 radical (unpaired) electrons. The maximum absolute atomic E-state index is 13.2. The van der Waals surface area contributed by atoms with Crippen molar-refractivity contribution < 1.29 is 57.5 Å². The molecule has 0 unspecified atom stereocenters. The summed E-state index contributed by atoms with van der Waals surface area (Å²) in [6, 6.07) is 9.95. The molecule has 4 aromatic rings. The first kappa shape index (κ1) is 41.1. The fourth-order valence-corrected chi connectivity index (χ4v) is 4.99. The van der Waals surface area contributed by atoms with Gasteiger partial charge in [0.25, 0.3) is 5.91 Å². The lowest BCUT2D eigenvalue weighted by molar-refractivity contribution is -0.144. The summed E-state index contributed by atoms with van der Waals surface area (Å²) in [5, 5.41) is 2.91. The second-order valence-corrected chi connectivity index (χ2v) is 11.7. The summed E-state index contributed by atoms with van der Waals surface area (Å²) < 4.78 is 153. The molecule has 0 spiro atoms. The van der Waals surface area contributed by atoms with E-state index in [1.807, 2.05) is 19.1 Å². The zero-order valence-corrected chi connectivity index (χ0v) is 27.8. The van der Waals surface area contributed by atoms with Gasteiger partial charge < -0.3 is 10.2 Å². The van der Waals surface area contributed by atoms with Gasteiger partial charge in [-0.25, -0.2) is 9.97 Å². The number of rotatable bonds is 7. The van der Waals surface area contributed by atoms with E-state index in [-0.39, 0.29) is 35.4 Å². The summed E-state index contributed by atoms with van der Waals surface area (Å²) in [5.41, 5.74) is -3.93. The van der Waals surface area contributed by atoms with Crippen LogP contribution >= 0.6 is 11.8 Å². The lowest BCUT2D eigenvalue weighted by atomic mass is 10.0. The van der Waals surface area contributed by atoms with Gasteiger partial charge in [0, 0.05) is 31.9 Å². The van der Waals surface area contributed by atoms with E-state index in [4.69, 9.17) is 0 Å². The number of nitrogens with one attached hydrogen (secondary N) is 1. The SMILES string of the molecule is CNCc1cc(C(F)(F)F)cc(C(F)(F)F)c1.CSc1ncc(C(=O)N(C)Cc2cc(C(F)(F)F)cc(C(F)(F)F)c2)c(-c2ccccc2C)n1. The number of halogens is 12. The lowest BCUT2D eigenvalue weighted by Crippen LogP contribution is -2.27. The summed E-state index contributed by atoms with van der Waals surface area (Å²) in [4.78, 5) is 22.8. The quantitative estimate of drug-likeness (QED) is 0.116. The van der Waals surface area contributed by atoms with E-state index in [1.165, 1.54) is 32.1 Å². The summed E-state index contributed by atoms with van der Waals surface area (Å²) in [7, 11) is 2.73. The summed E-state index contributed by atoms with van der Waals surface area (Å²) in [6.45, 7) is 1.28. The second-order valence-electron chi connectivity index (χ2n) is 11.0. The monoisotopic (exact) mass is 756 g/mol. The van der Waals surface area contributed by atoms with E-state index < -0.39 is 59.4 Å². The predicted molar refractivity (Wildman–Crippen MR) is 165 cm³/mol. The van der Waals surface area contributed by atoms with Gasteiger partial charge in [0.2, 0.25) is 0 Å². The van der Waals surface area contributed by atoms with Crippen molar-refractivity contribution in [3.63, 3.8) is 0 Å². The molecule has 1 heterocycles. The van der Waals surface area contributed by atoms with E-state index in [9.17, 15) is 57.5 Å². The van der Waals surface area contributed by atoms with E-state index in [2.05, 4.69) is 15.3 Å². The van der Waals surface area contributed by atoms with Gasteiger partial charge in [-0.2, -0.15) is 52.7 Å². The third kappa shape index (κ3) is 11.1. The van der Waals surface area contributed by atoms with Crippen molar-refractivity contribution >= 4 is 17.7 Å².